The van der Waals surface area contributed by atoms with Crippen molar-refractivity contribution in [2.75, 3.05) is 9.80 Å². The van der Waals surface area contributed by atoms with E-state index < -0.39 is 22.7 Å². The largest absolute Gasteiger partial charge is 0.534 e. The molecule has 16 heteroatoms. The summed E-state index contributed by atoms with van der Waals surface area (Å²) in [4.78, 5) is 4.63. The van der Waals surface area contributed by atoms with Crippen LogP contribution in [0.15, 0.2) is 421 Å². The number of halogens is 3. The molecule has 1 aliphatic heterocycles. The van der Waals surface area contributed by atoms with Gasteiger partial charge in [0.05, 0.1) is 44.3 Å². The van der Waals surface area contributed by atoms with Crippen molar-refractivity contribution in [3.63, 3.8) is 0 Å². The lowest BCUT2D eigenvalue weighted by Crippen LogP contribution is -2.41. The standard InChI is InChI=1S/C54H34N2O.C42H36BNO3.C19H10F3NO3S/c1-2-9-35(10-3-1)36-17-25-41(26-18-36)55(43-29-21-38(22-30-43)40-24-32-47-46-12-5-7-16-52(46)57-53(47)34-40)42-27-19-37(20-28-42)39-23-31-45-49-14-8-13-48-44-11-4-6-15-50(44)56(54(48)49)51(45)33-39;1-41(2)42(3,4)47-43(46-41)33-19-25-36(26-20-33)44(34-21-14-30(15-22-34)29-10-6-5-7-11-29)35-23-16-31(17-24-35)32-18-27-38-37-12-8-9-13-39(37)45-40(38)28-32;20-19(21,22)27(24,25)26-11-8-9-13-15-6-3-5-14-12-4-1-2-7-16(12)23(18(14)15)17(13)10-11/h1-34H;5-28H,1-4H3;1-10H. The Morgan fingerprint density at radius 3 is 0.947 bits per heavy atom. The minimum absolute atomic E-state index is 0.384. The Balaban J connectivity index is 0.000000119. The Hall–Kier alpha value is -15.7. The van der Waals surface area contributed by atoms with Gasteiger partial charge < -0.3 is 40.9 Å². The molecule has 131 heavy (non-hydrogen) atoms. The number of hydrogen-bond acceptors (Lipinski definition) is 9. The summed E-state index contributed by atoms with van der Waals surface area (Å²) in [7, 11) is -6.13. The lowest BCUT2D eigenvalue weighted by Gasteiger charge is -2.32. The van der Waals surface area contributed by atoms with Crippen LogP contribution in [0.25, 0.3) is 176 Å². The Kier molecular flexibility index (Phi) is 19.1. The highest BCUT2D eigenvalue weighted by atomic mass is 32.2. The van der Waals surface area contributed by atoms with Crippen LogP contribution in [0.2, 0.25) is 0 Å². The minimum Gasteiger partial charge on any atom is -0.456 e. The zero-order chi connectivity index (χ0) is 88.6. The summed E-state index contributed by atoms with van der Waals surface area (Å²) in [6.07, 6.45) is 0. The third-order valence-electron chi connectivity index (χ3n) is 26.2. The van der Waals surface area contributed by atoms with Gasteiger partial charge in [-0.2, -0.15) is 21.6 Å². The highest BCUT2D eigenvalue weighted by Gasteiger charge is 2.52. The van der Waals surface area contributed by atoms with Gasteiger partial charge in [-0.3, -0.25) is 0 Å². The Morgan fingerprint density at radius 2 is 0.557 bits per heavy atom. The van der Waals surface area contributed by atoms with Gasteiger partial charge in [0.2, 0.25) is 0 Å². The molecule has 632 valence electrons. The number of para-hydroxylation sites is 6. The molecule has 7 heterocycles. The Bertz CT molecular complexity index is 8600. The number of anilines is 6. The van der Waals surface area contributed by atoms with Crippen molar-refractivity contribution in [2.45, 2.75) is 44.4 Å². The molecule has 0 N–H and O–H groups in total. The summed E-state index contributed by atoms with van der Waals surface area (Å²) < 4.78 is 94.3. The van der Waals surface area contributed by atoms with E-state index in [2.05, 4.69) is 368 Å². The first kappa shape index (κ1) is 79.9. The van der Waals surface area contributed by atoms with Gasteiger partial charge in [0.1, 0.15) is 28.1 Å². The zero-order valence-electron chi connectivity index (χ0n) is 71.5. The van der Waals surface area contributed by atoms with Gasteiger partial charge in [-0.1, -0.05) is 267 Å². The van der Waals surface area contributed by atoms with E-state index in [-0.39, 0.29) is 17.0 Å². The summed E-state index contributed by atoms with van der Waals surface area (Å²) in [5, 5.41) is 13.5. The lowest BCUT2D eigenvalue weighted by molar-refractivity contribution is -0.0500. The quantitative estimate of drug-likeness (QED) is 0.0598. The SMILES string of the molecule is CC1(C)OB(c2ccc(N(c3ccc(-c4ccccc4)cc3)c3ccc(-c4ccc5c(c4)oc4ccccc45)cc3)cc2)OC1(C)C.O=S(=O)(Oc1ccc2c3cccc4c5ccccc5n(c2c1)c43)C(F)(F)F.c1ccc(-c2ccc(N(c3ccc(-c4ccc5c(c4)oc4ccccc45)cc3)c3ccc(-c4ccc5c6cccc7c8ccccc8n(c5c4)c76)cc3)cc2)cc1. The van der Waals surface area contributed by atoms with E-state index in [1.165, 1.54) is 83.6 Å². The number of rotatable bonds is 14. The molecule has 0 aliphatic carbocycles. The van der Waals surface area contributed by atoms with Crippen molar-refractivity contribution in [3.8, 4) is 61.4 Å². The topological polar surface area (TPSA) is 103 Å². The summed E-state index contributed by atoms with van der Waals surface area (Å²) in [5.74, 6) is -0.384. The van der Waals surface area contributed by atoms with Crippen LogP contribution in [0.4, 0.5) is 47.3 Å². The normalized spacial score (nSPS) is 13.4. The van der Waals surface area contributed by atoms with Gasteiger partial charge in [-0.25, -0.2) is 0 Å². The highest BCUT2D eigenvalue weighted by Crippen LogP contribution is 2.47. The number of benzene rings is 18. The van der Waals surface area contributed by atoms with Gasteiger partial charge >= 0.3 is 22.7 Å². The molecule has 24 aromatic rings. The van der Waals surface area contributed by atoms with Crippen LogP contribution in [0.3, 0.4) is 0 Å². The fourth-order valence-corrected chi connectivity index (χ4v) is 19.4. The number of furan rings is 2. The lowest BCUT2D eigenvalue weighted by atomic mass is 9.79. The molecule has 0 atom stereocenters. The molecule has 1 fully saturated rings. The molecule has 0 unspecified atom stereocenters. The summed E-state index contributed by atoms with van der Waals surface area (Å²) >= 11 is 0. The second-order valence-corrected chi connectivity index (χ2v) is 36.0. The van der Waals surface area contributed by atoms with E-state index in [1.807, 2.05) is 77.2 Å². The van der Waals surface area contributed by atoms with E-state index in [9.17, 15) is 21.6 Å². The van der Waals surface area contributed by atoms with Gasteiger partial charge in [0.25, 0.3) is 0 Å². The number of fused-ring (bicyclic) bond motifs is 18. The van der Waals surface area contributed by atoms with Crippen LogP contribution >= 0.6 is 0 Å². The van der Waals surface area contributed by atoms with E-state index in [1.54, 1.807) is 6.07 Å². The van der Waals surface area contributed by atoms with Gasteiger partial charge in [0, 0.05) is 105 Å². The minimum atomic E-state index is -5.73. The number of hydrogen-bond donors (Lipinski definition) is 0. The van der Waals surface area contributed by atoms with Crippen molar-refractivity contribution >= 4 is 177 Å². The van der Waals surface area contributed by atoms with Crippen molar-refractivity contribution in [2.24, 2.45) is 0 Å². The summed E-state index contributed by atoms with van der Waals surface area (Å²) in [6, 6.07) is 143. The van der Waals surface area contributed by atoms with Crippen LogP contribution in [0.1, 0.15) is 27.7 Å². The third kappa shape index (κ3) is 14.0. The predicted molar refractivity (Wildman–Crippen MR) is 531 cm³/mol. The maximum absolute atomic E-state index is 12.6. The fourth-order valence-electron chi connectivity index (χ4n) is 19.0. The van der Waals surface area contributed by atoms with Crippen LogP contribution < -0.4 is 19.4 Å². The highest BCUT2D eigenvalue weighted by molar-refractivity contribution is 7.88. The molecule has 18 aromatic carbocycles. The molecule has 0 bridgehead atoms. The average molecular weight is 1730 g/mol. The Labute approximate surface area is 752 Å². The summed E-state index contributed by atoms with van der Waals surface area (Å²) in [6.45, 7) is 8.34. The van der Waals surface area contributed by atoms with E-state index in [0.29, 0.717) is 5.52 Å². The Morgan fingerprint density at radius 1 is 0.275 bits per heavy atom. The van der Waals surface area contributed by atoms with Crippen LogP contribution in [0, 0.1) is 0 Å². The molecule has 0 saturated carbocycles. The first-order valence-corrected chi connectivity index (χ1v) is 45.1. The molecule has 0 amide bonds. The second-order valence-electron chi connectivity index (χ2n) is 34.4. The summed E-state index contributed by atoms with van der Waals surface area (Å²) in [5.41, 5.74) is 22.7. The number of aromatic nitrogens is 2. The smallest absolute Gasteiger partial charge is 0.456 e. The molecular formula is C115H80BF3N4O7S. The predicted octanol–water partition coefficient (Wildman–Crippen LogP) is 31.0. The maximum atomic E-state index is 12.6. The molecule has 0 spiro atoms. The maximum Gasteiger partial charge on any atom is 0.534 e. The van der Waals surface area contributed by atoms with Crippen LogP contribution in [-0.2, 0) is 19.4 Å². The van der Waals surface area contributed by atoms with Crippen molar-refractivity contribution in [3.05, 3.63) is 413 Å². The third-order valence-corrected chi connectivity index (χ3v) is 27.2. The number of nitrogens with zero attached hydrogens (tertiary/aromatic N) is 4. The van der Waals surface area contributed by atoms with Gasteiger partial charge in [0.15, 0.2) is 0 Å². The molecule has 25 rings (SSSR count). The average Bonchev–Trinajstić information content (AvgIpc) is 1.55. The monoisotopic (exact) mass is 1730 g/mol. The van der Waals surface area contributed by atoms with Crippen molar-refractivity contribution in [1.29, 1.82) is 0 Å². The van der Waals surface area contributed by atoms with Crippen molar-refractivity contribution in [1.82, 2.24) is 8.80 Å². The first-order chi connectivity index (χ1) is 63.8. The van der Waals surface area contributed by atoms with E-state index in [0.717, 1.165) is 138 Å². The molecule has 1 saturated heterocycles. The molecular weight excluding hydrogens is 1650 g/mol. The zero-order valence-corrected chi connectivity index (χ0v) is 72.3. The van der Waals surface area contributed by atoms with Crippen LogP contribution in [0.5, 0.6) is 5.75 Å². The molecule has 1 aliphatic rings. The fraction of sp³-hybridized carbons (Fsp3) is 0.0609. The first-order valence-electron chi connectivity index (χ1n) is 43.6. The molecule has 11 nitrogen and oxygen atoms in total. The van der Waals surface area contributed by atoms with Gasteiger partial charge in [-0.05, 0) is 228 Å². The van der Waals surface area contributed by atoms with Crippen LogP contribution in [-0.4, -0.2) is 41.0 Å². The molecule has 0 radical (unpaired) electrons. The van der Waals surface area contributed by atoms with E-state index >= 15 is 0 Å². The van der Waals surface area contributed by atoms with E-state index in [4.69, 9.17) is 18.1 Å². The van der Waals surface area contributed by atoms with Gasteiger partial charge in [-0.15, -0.1) is 0 Å². The molecule has 6 aromatic heterocycles. The number of alkyl halides is 3. The second kappa shape index (κ2) is 31.4. The van der Waals surface area contributed by atoms with Crippen molar-refractivity contribution < 1.29 is 43.9 Å².